The van der Waals surface area contributed by atoms with E-state index in [1.54, 1.807) is 45.3 Å². The minimum Gasteiger partial charge on any atom is -0.351 e. The first-order valence-electron chi connectivity index (χ1n) is 10.9. The lowest BCUT2D eigenvalue weighted by Gasteiger charge is -2.28. The van der Waals surface area contributed by atoms with Crippen LogP contribution in [0.25, 0.3) is 0 Å². The van der Waals surface area contributed by atoms with Gasteiger partial charge in [0.15, 0.2) is 0 Å². The van der Waals surface area contributed by atoms with Crippen LogP contribution < -0.4 is 0 Å². The molecule has 176 valence electrons. The molecule has 0 saturated carbocycles. The van der Waals surface area contributed by atoms with Crippen molar-refractivity contribution in [1.29, 1.82) is 0 Å². The van der Waals surface area contributed by atoms with Gasteiger partial charge in [-0.25, -0.2) is 0 Å². The molecule has 0 saturated heterocycles. The molecule has 4 nitrogen and oxygen atoms in total. The minimum absolute atomic E-state index is 0.512. The van der Waals surface area contributed by atoms with Crippen molar-refractivity contribution < 1.29 is 17.7 Å². The van der Waals surface area contributed by atoms with E-state index < -0.39 is 9.05 Å². The van der Waals surface area contributed by atoms with Crippen LogP contribution in [-0.2, 0) is 43.4 Å². The molecular weight excluding hydrogens is 509 g/mol. The van der Waals surface area contributed by atoms with E-state index in [1.165, 1.54) is 22.3 Å². The van der Waals surface area contributed by atoms with Gasteiger partial charge in [0.1, 0.15) is 0 Å². The maximum Gasteiger partial charge on any atom is 0.679 e. The molecule has 4 rings (SSSR count). The van der Waals surface area contributed by atoms with E-state index in [-0.39, 0.29) is 0 Å². The van der Waals surface area contributed by atoms with Gasteiger partial charge in [-0.2, -0.15) is 45.3 Å². The van der Waals surface area contributed by atoms with Gasteiger partial charge in [-0.1, -0.05) is 0 Å². The Morgan fingerprint density at radius 2 is 0.727 bits per heavy atom. The van der Waals surface area contributed by atoms with Gasteiger partial charge < -0.3 is 17.7 Å². The highest BCUT2D eigenvalue weighted by molar-refractivity contribution is 7.08. The predicted octanol–water partition coefficient (Wildman–Crippen LogP) is 6.71. The van der Waals surface area contributed by atoms with E-state index >= 15 is 0 Å². The van der Waals surface area contributed by atoms with Crippen LogP contribution in [0.5, 0.6) is 0 Å². The summed E-state index contributed by atoms with van der Waals surface area (Å²) in [5, 5.41) is 17.0. The molecule has 0 N–H and O–H groups in total. The number of hydrogen-bond acceptors (Lipinski definition) is 8. The lowest BCUT2D eigenvalue weighted by atomic mass is 10.3. The fourth-order valence-electron chi connectivity index (χ4n) is 3.17. The summed E-state index contributed by atoms with van der Waals surface area (Å²) >= 11 is 6.80. The van der Waals surface area contributed by atoms with Crippen LogP contribution in [0, 0.1) is 0 Å². The molecule has 0 aliphatic carbocycles. The van der Waals surface area contributed by atoms with Crippen molar-refractivity contribution in [2.24, 2.45) is 0 Å². The van der Waals surface area contributed by atoms with Gasteiger partial charge in [0.25, 0.3) is 0 Å². The van der Waals surface area contributed by atoms with Crippen LogP contribution in [0.4, 0.5) is 0 Å². The van der Waals surface area contributed by atoms with Gasteiger partial charge >= 0.3 is 9.05 Å². The summed E-state index contributed by atoms with van der Waals surface area (Å²) in [5.74, 6) is 0. The highest BCUT2D eigenvalue weighted by Crippen LogP contribution is 2.18. The first kappa shape index (κ1) is 25.0. The average molecular weight is 537 g/mol. The third kappa shape index (κ3) is 8.54. The Bertz CT molecular complexity index is 819. The van der Waals surface area contributed by atoms with Gasteiger partial charge in [0.05, 0.1) is 0 Å². The normalized spacial score (nSPS) is 11.9. The zero-order chi connectivity index (χ0) is 22.6. The van der Waals surface area contributed by atoms with Crippen molar-refractivity contribution in [1.82, 2.24) is 0 Å². The second-order valence-electron chi connectivity index (χ2n) is 7.42. The van der Waals surface area contributed by atoms with Crippen LogP contribution in [0.3, 0.4) is 0 Å². The molecule has 0 radical (unpaired) electrons. The molecule has 0 unspecified atom stereocenters. The largest absolute Gasteiger partial charge is 0.679 e. The maximum absolute atomic E-state index is 6.35. The van der Waals surface area contributed by atoms with Crippen LogP contribution in [-0.4, -0.2) is 35.5 Å². The van der Waals surface area contributed by atoms with Gasteiger partial charge in [-0.3, -0.25) is 0 Å². The van der Waals surface area contributed by atoms with Crippen molar-refractivity contribution in [3.8, 4) is 0 Å². The van der Waals surface area contributed by atoms with E-state index in [9.17, 15) is 0 Å². The van der Waals surface area contributed by atoms with Crippen molar-refractivity contribution in [2.45, 2.75) is 25.7 Å². The topological polar surface area (TPSA) is 36.9 Å². The molecule has 0 amide bonds. The lowest BCUT2D eigenvalue weighted by molar-refractivity contribution is -0.0328. The van der Waals surface area contributed by atoms with Crippen molar-refractivity contribution in [2.75, 3.05) is 26.4 Å². The van der Waals surface area contributed by atoms with Crippen molar-refractivity contribution in [3.63, 3.8) is 0 Å². The number of hydrogen-bond donors (Lipinski definition) is 0. The summed E-state index contributed by atoms with van der Waals surface area (Å²) in [7, 11) is -3.32. The SMILES string of the molecule is c1cc(CCO[Si](OCCc2ccsc2)(OCCc2ccsc2)OCCc2ccsc2)cs1. The summed E-state index contributed by atoms with van der Waals surface area (Å²) in [6.07, 6.45) is 3.25. The highest BCUT2D eigenvalue weighted by Gasteiger charge is 2.45. The Balaban J connectivity index is 1.40. The van der Waals surface area contributed by atoms with Crippen molar-refractivity contribution in [3.05, 3.63) is 89.6 Å². The van der Waals surface area contributed by atoms with Gasteiger partial charge in [-0.15, -0.1) is 0 Å². The van der Waals surface area contributed by atoms with Crippen molar-refractivity contribution >= 4 is 54.4 Å². The summed E-state index contributed by atoms with van der Waals surface area (Å²) in [6, 6.07) is 8.51. The molecule has 0 bridgehead atoms. The summed E-state index contributed by atoms with van der Waals surface area (Å²) in [4.78, 5) is 0. The quantitative estimate of drug-likeness (QED) is 0.149. The first-order valence-corrected chi connectivity index (χ1v) is 16.3. The van der Waals surface area contributed by atoms with E-state index in [2.05, 4.69) is 67.3 Å². The van der Waals surface area contributed by atoms with E-state index in [0.29, 0.717) is 26.4 Å². The highest BCUT2D eigenvalue weighted by atomic mass is 32.1. The predicted molar refractivity (Wildman–Crippen MR) is 142 cm³/mol. The number of rotatable bonds is 16. The molecule has 0 spiro atoms. The molecule has 33 heavy (non-hydrogen) atoms. The molecule has 4 aromatic rings. The smallest absolute Gasteiger partial charge is 0.351 e. The molecule has 0 aliphatic rings. The third-order valence-corrected chi connectivity index (χ3v) is 10.2. The minimum atomic E-state index is -3.32. The number of thiophene rings is 4. The second-order valence-corrected chi connectivity index (χ2v) is 12.7. The summed E-state index contributed by atoms with van der Waals surface area (Å²) in [5.41, 5.74) is 5.05. The molecule has 4 heterocycles. The zero-order valence-electron chi connectivity index (χ0n) is 18.4. The average Bonchev–Trinajstić information content (AvgIpc) is 3.63. The summed E-state index contributed by atoms with van der Waals surface area (Å²) < 4.78 is 25.4. The van der Waals surface area contributed by atoms with Crippen LogP contribution in [0.2, 0.25) is 0 Å². The Kier molecular flexibility index (Phi) is 10.3. The lowest BCUT2D eigenvalue weighted by Crippen LogP contribution is -2.51. The molecule has 9 heteroatoms. The molecule has 0 aliphatic heterocycles. The zero-order valence-corrected chi connectivity index (χ0v) is 22.6. The monoisotopic (exact) mass is 536 g/mol. The second kappa shape index (κ2) is 13.7. The molecule has 0 aromatic carbocycles. The molecule has 0 atom stereocenters. The summed E-state index contributed by atoms with van der Waals surface area (Å²) in [6.45, 7) is 2.05. The maximum atomic E-state index is 6.35. The Morgan fingerprint density at radius 1 is 0.455 bits per heavy atom. The van der Waals surface area contributed by atoms with Crippen LogP contribution in [0.1, 0.15) is 22.3 Å². The van der Waals surface area contributed by atoms with Crippen LogP contribution in [0.15, 0.2) is 67.3 Å². The van der Waals surface area contributed by atoms with E-state index in [0.717, 1.165) is 25.7 Å². The Hall–Kier alpha value is -1.14. The molecule has 0 fully saturated rings. The Labute approximate surface area is 212 Å². The van der Waals surface area contributed by atoms with E-state index in [4.69, 9.17) is 17.7 Å². The molecular formula is C24H28O4S4Si. The van der Waals surface area contributed by atoms with Crippen LogP contribution >= 0.6 is 45.3 Å². The standard InChI is InChI=1S/C24H28O4S4Si/c1(21-5-13-29-17-21)9-25-33(26-10-2-22-6-14-30-18-22,27-11-3-23-7-15-31-19-23)28-12-4-24-8-16-32-20-24/h5-8,13-20H,1-4,9-12H2. The Morgan fingerprint density at radius 3 is 0.939 bits per heavy atom. The fraction of sp³-hybridized carbons (Fsp3) is 0.333. The first-order chi connectivity index (χ1) is 16.3. The third-order valence-electron chi connectivity index (χ3n) is 5.00. The van der Waals surface area contributed by atoms with E-state index in [1.807, 2.05) is 0 Å². The van der Waals surface area contributed by atoms with Gasteiger partial charge in [0.2, 0.25) is 0 Å². The fourth-order valence-corrected chi connectivity index (χ4v) is 7.89. The molecule has 4 aromatic heterocycles. The van der Waals surface area contributed by atoms with Gasteiger partial charge in [-0.05, 0) is 115 Å². The van der Waals surface area contributed by atoms with Gasteiger partial charge in [0, 0.05) is 26.4 Å².